The van der Waals surface area contributed by atoms with E-state index in [0.29, 0.717) is 28.9 Å². The van der Waals surface area contributed by atoms with Gasteiger partial charge >= 0.3 is 0 Å². The van der Waals surface area contributed by atoms with Crippen molar-refractivity contribution in [3.8, 4) is 5.75 Å². The second-order valence-corrected chi connectivity index (χ2v) is 6.27. The van der Waals surface area contributed by atoms with E-state index in [9.17, 15) is 9.59 Å². The number of hydrogen-bond acceptors (Lipinski definition) is 3. The molecular formula is C17H24Cl2N2O3. The summed E-state index contributed by atoms with van der Waals surface area (Å²) in [5.41, 5.74) is 0. The molecule has 0 saturated heterocycles. The van der Waals surface area contributed by atoms with Crippen molar-refractivity contribution < 1.29 is 14.3 Å². The van der Waals surface area contributed by atoms with Gasteiger partial charge in [0.15, 0.2) is 6.61 Å². The van der Waals surface area contributed by atoms with E-state index in [0.717, 1.165) is 25.8 Å². The fourth-order valence-electron chi connectivity index (χ4n) is 2.10. The topological polar surface area (TPSA) is 58.6 Å². The van der Waals surface area contributed by atoms with Crippen LogP contribution in [0.2, 0.25) is 10.0 Å². The maximum atomic E-state index is 11.8. The second-order valence-electron chi connectivity index (χ2n) is 5.43. The summed E-state index contributed by atoms with van der Waals surface area (Å²) >= 11 is 11.8. The van der Waals surface area contributed by atoms with E-state index in [-0.39, 0.29) is 18.4 Å². The first-order valence-corrected chi connectivity index (χ1v) is 8.79. The summed E-state index contributed by atoms with van der Waals surface area (Å²) in [5.74, 6) is 0.156. The average Bonchev–Trinajstić information content (AvgIpc) is 2.52. The molecule has 1 aromatic rings. The first-order chi connectivity index (χ1) is 11.4. The van der Waals surface area contributed by atoms with Crippen LogP contribution >= 0.6 is 23.2 Å². The van der Waals surface area contributed by atoms with E-state index < -0.39 is 0 Å². The number of carbonyl (C=O) groups excluding carboxylic acids is 2. The second kappa shape index (κ2) is 11.2. The number of unbranched alkanes of at least 4 members (excludes halogenated alkanes) is 2. The van der Waals surface area contributed by atoms with Gasteiger partial charge in [-0.15, -0.1) is 0 Å². The summed E-state index contributed by atoms with van der Waals surface area (Å²) in [6.45, 7) is 5.12. The molecule has 24 heavy (non-hydrogen) atoms. The first kappa shape index (κ1) is 20.6. The summed E-state index contributed by atoms with van der Waals surface area (Å²) in [7, 11) is 0. The lowest BCUT2D eigenvalue weighted by molar-refractivity contribution is -0.129. The number of rotatable bonds is 10. The summed E-state index contributed by atoms with van der Waals surface area (Å²) in [6.07, 6.45) is 3.17. The van der Waals surface area contributed by atoms with Gasteiger partial charge < -0.3 is 15.0 Å². The van der Waals surface area contributed by atoms with Crippen LogP contribution in [0.25, 0.3) is 0 Å². The Morgan fingerprint density at radius 2 is 1.96 bits per heavy atom. The van der Waals surface area contributed by atoms with Gasteiger partial charge in [0.05, 0.1) is 5.02 Å². The lowest BCUT2D eigenvalue weighted by Crippen LogP contribution is -2.39. The van der Waals surface area contributed by atoms with Crippen molar-refractivity contribution in [3.05, 3.63) is 28.2 Å². The smallest absolute Gasteiger partial charge is 0.258 e. The summed E-state index contributed by atoms with van der Waals surface area (Å²) < 4.78 is 5.35. The highest BCUT2D eigenvalue weighted by Crippen LogP contribution is 2.27. The zero-order valence-electron chi connectivity index (χ0n) is 14.1. The minimum Gasteiger partial charge on any atom is -0.482 e. The van der Waals surface area contributed by atoms with Gasteiger partial charge in [-0.05, 0) is 24.6 Å². The molecule has 1 aromatic carbocycles. The van der Waals surface area contributed by atoms with E-state index in [4.69, 9.17) is 27.9 Å². The van der Waals surface area contributed by atoms with Crippen molar-refractivity contribution in [2.45, 2.75) is 33.1 Å². The molecule has 1 rings (SSSR count). The third-order valence-corrected chi connectivity index (χ3v) is 3.96. The molecular weight excluding hydrogens is 351 g/mol. The Kier molecular flexibility index (Phi) is 9.57. The van der Waals surface area contributed by atoms with E-state index in [1.54, 1.807) is 30.0 Å². The van der Waals surface area contributed by atoms with Crippen molar-refractivity contribution in [2.24, 2.45) is 0 Å². The molecule has 0 aliphatic rings. The predicted octanol–water partition coefficient (Wildman–Crippen LogP) is 3.53. The highest BCUT2D eigenvalue weighted by atomic mass is 35.5. The lowest BCUT2D eigenvalue weighted by atomic mass is 10.2. The Hall–Kier alpha value is -1.46. The number of hydrogen-bond donors (Lipinski definition) is 1. The molecule has 0 spiro atoms. The lowest BCUT2D eigenvalue weighted by Gasteiger charge is -2.21. The Morgan fingerprint density at radius 3 is 2.58 bits per heavy atom. The molecule has 0 radical (unpaired) electrons. The number of amides is 2. The maximum absolute atomic E-state index is 11.8. The van der Waals surface area contributed by atoms with Crippen LogP contribution in [0, 0.1) is 0 Å². The molecule has 1 N–H and O–H groups in total. The zero-order chi connectivity index (χ0) is 17.9. The van der Waals surface area contributed by atoms with Crippen LogP contribution in [0.4, 0.5) is 0 Å². The fourth-order valence-corrected chi connectivity index (χ4v) is 2.56. The summed E-state index contributed by atoms with van der Waals surface area (Å²) in [4.78, 5) is 25.1. The van der Waals surface area contributed by atoms with E-state index in [2.05, 4.69) is 12.2 Å². The number of ether oxygens (including phenoxy) is 1. The van der Waals surface area contributed by atoms with Crippen molar-refractivity contribution >= 4 is 35.0 Å². The Balaban J connectivity index is 2.30. The number of benzene rings is 1. The molecule has 0 bridgehead atoms. The Morgan fingerprint density at radius 1 is 1.21 bits per heavy atom. The molecule has 134 valence electrons. The third-order valence-electron chi connectivity index (χ3n) is 3.43. The highest BCUT2D eigenvalue weighted by molar-refractivity contribution is 6.35. The van der Waals surface area contributed by atoms with Crippen molar-refractivity contribution in [2.75, 3.05) is 26.2 Å². The molecule has 2 amide bonds. The van der Waals surface area contributed by atoms with Crippen molar-refractivity contribution in [1.29, 1.82) is 0 Å². The minimum atomic E-state index is -0.266. The van der Waals surface area contributed by atoms with Gasteiger partial charge in [0.25, 0.3) is 5.91 Å². The van der Waals surface area contributed by atoms with Crippen LogP contribution in [0.1, 0.15) is 33.1 Å². The van der Waals surface area contributed by atoms with Gasteiger partial charge in [0, 0.05) is 31.6 Å². The van der Waals surface area contributed by atoms with E-state index in [1.165, 1.54) is 0 Å². The van der Waals surface area contributed by atoms with Crippen LogP contribution in [0.5, 0.6) is 5.75 Å². The van der Waals surface area contributed by atoms with Gasteiger partial charge in [-0.2, -0.15) is 0 Å². The van der Waals surface area contributed by atoms with Crippen LogP contribution in [-0.2, 0) is 9.59 Å². The summed E-state index contributed by atoms with van der Waals surface area (Å²) in [5, 5.41) is 3.59. The quantitative estimate of drug-likeness (QED) is 0.637. The van der Waals surface area contributed by atoms with Crippen molar-refractivity contribution in [1.82, 2.24) is 10.2 Å². The van der Waals surface area contributed by atoms with Gasteiger partial charge in [0.1, 0.15) is 5.75 Å². The SMILES string of the molecule is CCCCCN(CCNC(=O)COc1ccc(Cl)cc1Cl)C(C)=O. The molecule has 0 saturated carbocycles. The Labute approximate surface area is 153 Å². The van der Waals surface area contributed by atoms with E-state index in [1.807, 2.05) is 0 Å². The minimum absolute atomic E-state index is 0.0181. The first-order valence-electron chi connectivity index (χ1n) is 8.04. The molecule has 0 unspecified atom stereocenters. The van der Waals surface area contributed by atoms with Crippen LogP contribution < -0.4 is 10.1 Å². The van der Waals surface area contributed by atoms with Gasteiger partial charge in [-0.25, -0.2) is 0 Å². The molecule has 0 heterocycles. The Bertz CT molecular complexity index is 553. The molecule has 7 heteroatoms. The normalized spacial score (nSPS) is 10.3. The van der Waals surface area contributed by atoms with Crippen LogP contribution in [0.15, 0.2) is 18.2 Å². The van der Waals surface area contributed by atoms with Gasteiger partial charge in [-0.1, -0.05) is 43.0 Å². The molecule has 0 fully saturated rings. The highest BCUT2D eigenvalue weighted by Gasteiger charge is 2.10. The monoisotopic (exact) mass is 374 g/mol. The molecule has 5 nitrogen and oxygen atoms in total. The average molecular weight is 375 g/mol. The fraction of sp³-hybridized carbons (Fsp3) is 0.529. The van der Waals surface area contributed by atoms with E-state index >= 15 is 0 Å². The number of carbonyl (C=O) groups is 2. The number of nitrogens with zero attached hydrogens (tertiary/aromatic N) is 1. The van der Waals surface area contributed by atoms with Gasteiger partial charge in [-0.3, -0.25) is 9.59 Å². The van der Waals surface area contributed by atoms with Crippen LogP contribution in [-0.4, -0.2) is 43.0 Å². The zero-order valence-corrected chi connectivity index (χ0v) is 15.6. The maximum Gasteiger partial charge on any atom is 0.258 e. The van der Waals surface area contributed by atoms with Crippen LogP contribution in [0.3, 0.4) is 0 Å². The molecule has 0 aromatic heterocycles. The number of nitrogens with one attached hydrogen (secondary N) is 1. The number of halogens is 2. The largest absolute Gasteiger partial charge is 0.482 e. The molecule has 0 aliphatic heterocycles. The molecule has 0 atom stereocenters. The summed E-state index contributed by atoms with van der Waals surface area (Å²) in [6, 6.07) is 4.81. The predicted molar refractivity (Wildman–Crippen MR) is 96.7 cm³/mol. The third kappa shape index (κ3) is 7.88. The van der Waals surface area contributed by atoms with Gasteiger partial charge in [0.2, 0.25) is 5.91 Å². The van der Waals surface area contributed by atoms with Crippen molar-refractivity contribution in [3.63, 3.8) is 0 Å². The molecule has 0 aliphatic carbocycles. The standard InChI is InChI=1S/C17H24Cl2N2O3/c1-3-4-5-9-21(13(2)22)10-8-20-17(23)12-24-16-7-6-14(18)11-15(16)19/h6-7,11H,3-5,8-10,12H2,1-2H3,(H,20,23).